The predicted molar refractivity (Wildman–Crippen MR) is 72.1 cm³/mol. The van der Waals surface area contributed by atoms with Crippen molar-refractivity contribution < 1.29 is 9.53 Å². The maximum absolute atomic E-state index is 11.0. The highest BCUT2D eigenvalue weighted by molar-refractivity contribution is 5.76. The van der Waals surface area contributed by atoms with Crippen LogP contribution in [-0.2, 0) is 11.3 Å². The van der Waals surface area contributed by atoms with Gasteiger partial charge in [-0.1, -0.05) is 6.07 Å². The number of carbonyl (C=O) groups is 1. The van der Waals surface area contributed by atoms with E-state index in [4.69, 9.17) is 16.2 Å². The van der Waals surface area contributed by atoms with Gasteiger partial charge in [-0.2, -0.15) is 0 Å². The van der Waals surface area contributed by atoms with E-state index in [9.17, 15) is 4.79 Å². The fraction of sp³-hybridized carbons (Fsp3) is 0.462. The van der Waals surface area contributed by atoms with Crippen molar-refractivity contribution in [1.82, 2.24) is 4.90 Å². The van der Waals surface area contributed by atoms with Gasteiger partial charge < -0.3 is 16.2 Å². The smallest absolute Gasteiger partial charge is 0.231 e. The number of nitrogens with zero attached hydrogens (tertiary/aromatic N) is 1. The Morgan fingerprint density at radius 1 is 1.44 bits per heavy atom. The molecular formula is C13H21N3O2. The molecule has 100 valence electrons. The number of carbonyl (C=O) groups excluding carboxylic acids is 1. The second kappa shape index (κ2) is 6.26. The van der Waals surface area contributed by atoms with Crippen LogP contribution in [0.1, 0.15) is 19.4 Å². The summed E-state index contributed by atoms with van der Waals surface area (Å²) in [4.78, 5) is 13.0. The van der Waals surface area contributed by atoms with E-state index in [0.29, 0.717) is 18.0 Å². The van der Waals surface area contributed by atoms with E-state index in [-0.39, 0.29) is 18.5 Å². The molecule has 0 saturated carbocycles. The van der Waals surface area contributed by atoms with Crippen LogP contribution in [0.3, 0.4) is 0 Å². The molecule has 0 fully saturated rings. The molecule has 1 rings (SSSR count). The van der Waals surface area contributed by atoms with Crippen LogP contribution in [0.5, 0.6) is 5.75 Å². The SMILES string of the molecule is COc1ccc(CN(CC(N)=O)C(C)C)cc1N. The molecule has 4 N–H and O–H groups in total. The highest BCUT2D eigenvalue weighted by Crippen LogP contribution is 2.22. The van der Waals surface area contributed by atoms with Crippen LogP contribution < -0.4 is 16.2 Å². The third-order valence-corrected chi connectivity index (χ3v) is 2.77. The van der Waals surface area contributed by atoms with Crippen LogP contribution in [0.15, 0.2) is 18.2 Å². The fourth-order valence-corrected chi connectivity index (χ4v) is 1.74. The van der Waals surface area contributed by atoms with Gasteiger partial charge in [0.25, 0.3) is 0 Å². The topological polar surface area (TPSA) is 81.6 Å². The molecule has 0 unspecified atom stereocenters. The lowest BCUT2D eigenvalue weighted by Gasteiger charge is -2.25. The minimum Gasteiger partial charge on any atom is -0.495 e. The number of methoxy groups -OCH3 is 1. The summed E-state index contributed by atoms with van der Waals surface area (Å²) in [5.41, 5.74) is 12.7. The van der Waals surface area contributed by atoms with Crippen LogP contribution in [0, 0.1) is 0 Å². The largest absolute Gasteiger partial charge is 0.495 e. The Morgan fingerprint density at radius 2 is 2.11 bits per heavy atom. The molecule has 1 aromatic rings. The monoisotopic (exact) mass is 251 g/mol. The van der Waals surface area contributed by atoms with E-state index in [1.165, 1.54) is 0 Å². The maximum atomic E-state index is 11.0. The first-order valence-electron chi connectivity index (χ1n) is 5.88. The van der Waals surface area contributed by atoms with Gasteiger partial charge in [0, 0.05) is 12.6 Å². The Hall–Kier alpha value is -1.75. The molecule has 5 heteroatoms. The summed E-state index contributed by atoms with van der Waals surface area (Å²) in [6.07, 6.45) is 0. The van der Waals surface area contributed by atoms with E-state index >= 15 is 0 Å². The minimum atomic E-state index is -0.329. The molecule has 5 nitrogen and oxygen atoms in total. The van der Waals surface area contributed by atoms with Gasteiger partial charge in [0.2, 0.25) is 5.91 Å². The van der Waals surface area contributed by atoms with E-state index in [1.807, 2.05) is 36.9 Å². The van der Waals surface area contributed by atoms with Crippen molar-refractivity contribution >= 4 is 11.6 Å². The third kappa shape index (κ3) is 3.92. The average Bonchev–Trinajstić information content (AvgIpc) is 2.27. The number of hydrogen-bond donors (Lipinski definition) is 2. The van der Waals surface area contributed by atoms with Crippen LogP contribution >= 0.6 is 0 Å². The van der Waals surface area contributed by atoms with Gasteiger partial charge in [0.15, 0.2) is 0 Å². The lowest BCUT2D eigenvalue weighted by Crippen LogP contribution is -2.37. The van der Waals surface area contributed by atoms with Gasteiger partial charge in [-0.05, 0) is 31.5 Å². The first-order valence-corrected chi connectivity index (χ1v) is 5.88. The molecule has 0 aliphatic carbocycles. The van der Waals surface area contributed by atoms with Crippen molar-refractivity contribution in [2.45, 2.75) is 26.4 Å². The Kier molecular flexibility index (Phi) is 4.97. The number of anilines is 1. The normalized spacial score (nSPS) is 10.9. The standard InChI is InChI=1S/C13H21N3O2/c1-9(2)16(8-13(15)17)7-10-4-5-12(18-3)11(14)6-10/h4-6,9H,7-8,14H2,1-3H3,(H2,15,17). The van der Waals surface area contributed by atoms with Crippen molar-refractivity contribution in [2.75, 3.05) is 19.4 Å². The van der Waals surface area contributed by atoms with E-state index < -0.39 is 0 Å². The summed E-state index contributed by atoms with van der Waals surface area (Å²) < 4.78 is 5.10. The number of nitrogens with two attached hydrogens (primary N) is 2. The Bertz CT molecular complexity index is 419. The molecule has 1 amide bonds. The quantitative estimate of drug-likeness (QED) is 0.738. The molecule has 18 heavy (non-hydrogen) atoms. The van der Waals surface area contributed by atoms with Crippen molar-refractivity contribution in [1.29, 1.82) is 0 Å². The molecule has 0 heterocycles. The lowest BCUT2D eigenvalue weighted by molar-refractivity contribution is -0.119. The first-order chi connectivity index (χ1) is 8.43. The number of hydrogen-bond acceptors (Lipinski definition) is 4. The van der Waals surface area contributed by atoms with E-state index in [2.05, 4.69) is 0 Å². The number of ether oxygens (including phenoxy) is 1. The number of amides is 1. The predicted octanol–water partition coefficient (Wildman–Crippen LogP) is 0.973. The Morgan fingerprint density at radius 3 is 2.56 bits per heavy atom. The summed E-state index contributed by atoms with van der Waals surface area (Å²) in [7, 11) is 1.58. The molecule has 0 bridgehead atoms. The van der Waals surface area contributed by atoms with E-state index in [1.54, 1.807) is 7.11 Å². The molecule has 0 spiro atoms. The number of primary amides is 1. The van der Waals surface area contributed by atoms with Crippen LogP contribution in [0.2, 0.25) is 0 Å². The van der Waals surface area contributed by atoms with Gasteiger partial charge in [-0.25, -0.2) is 0 Å². The second-order valence-corrected chi connectivity index (χ2v) is 4.54. The molecule has 0 aromatic heterocycles. The number of nitrogen functional groups attached to an aromatic ring is 1. The van der Waals surface area contributed by atoms with Crippen molar-refractivity contribution in [3.8, 4) is 5.75 Å². The molecular weight excluding hydrogens is 230 g/mol. The lowest BCUT2D eigenvalue weighted by atomic mass is 10.1. The van der Waals surface area contributed by atoms with E-state index in [0.717, 1.165) is 5.56 Å². The number of benzene rings is 1. The minimum absolute atomic E-state index is 0.237. The summed E-state index contributed by atoms with van der Waals surface area (Å²) >= 11 is 0. The molecule has 0 radical (unpaired) electrons. The Labute approximate surface area is 108 Å². The molecule has 0 saturated heterocycles. The molecule has 0 atom stereocenters. The van der Waals surface area contributed by atoms with Crippen LogP contribution in [-0.4, -0.2) is 30.5 Å². The van der Waals surface area contributed by atoms with Gasteiger partial charge in [-0.3, -0.25) is 9.69 Å². The molecule has 0 aliphatic heterocycles. The summed E-state index contributed by atoms with van der Waals surface area (Å²) in [5, 5.41) is 0. The fourth-order valence-electron chi connectivity index (χ4n) is 1.74. The van der Waals surface area contributed by atoms with Crippen molar-refractivity contribution in [3.63, 3.8) is 0 Å². The summed E-state index contributed by atoms with van der Waals surface area (Å²) in [6, 6.07) is 5.86. The first kappa shape index (κ1) is 14.3. The second-order valence-electron chi connectivity index (χ2n) is 4.54. The van der Waals surface area contributed by atoms with Gasteiger partial charge >= 0.3 is 0 Å². The Balaban J connectivity index is 2.80. The number of rotatable bonds is 6. The molecule has 0 aliphatic rings. The highest BCUT2D eigenvalue weighted by atomic mass is 16.5. The van der Waals surface area contributed by atoms with Gasteiger partial charge in [0.05, 0.1) is 19.3 Å². The van der Waals surface area contributed by atoms with Gasteiger partial charge in [0.1, 0.15) is 5.75 Å². The summed E-state index contributed by atoms with van der Waals surface area (Å²) in [5.74, 6) is 0.329. The zero-order valence-corrected chi connectivity index (χ0v) is 11.1. The molecule has 1 aromatic carbocycles. The zero-order valence-electron chi connectivity index (χ0n) is 11.1. The average molecular weight is 251 g/mol. The van der Waals surface area contributed by atoms with Crippen molar-refractivity contribution in [3.05, 3.63) is 23.8 Å². The highest BCUT2D eigenvalue weighted by Gasteiger charge is 2.13. The maximum Gasteiger partial charge on any atom is 0.231 e. The van der Waals surface area contributed by atoms with Crippen molar-refractivity contribution in [2.24, 2.45) is 5.73 Å². The third-order valence-electron chi connectivity index (χ3n) is 2.77. The van der Waals surface area contributed by atoms with Crippen LogP contribution in [0.4, 0.5) is 5.69 Å². The van der Waals surface area contributed by atoms with Crippen LogP contribution in [0.25, 0.3) is 0 Å². The summed E-state index contributed by atoms with van der Waals surface area (Å²) in [6.45, 7) is 4.92. The zero-order chi connectivity index (χ0) is 13.7. The van der Waals surface area contributed by atoms with Gasteiger partial charge in [-0.15, -0.1) is 0 Å².